The lowest BCUT2D eigenvalue weighted by atomic mass is 10.1. The molecular weight excluding hydrogens is 354 g/mol. The predicted octanol–water partition coefficient (Wildman–Crippen LogP) is 4.00. The molecule has 4 aromatic rings. The van der Waals surface area contributed by atoms with Gasteiger partial charge in [-0.25, -0.2) is 14.5 Å². The second-order valence-corrected chi connectivity index (χ2v) is 6.78. The SMILES string of the molecule is CC(C)Nc1ccc2cnn(-c3cncc(-c4cccc(C(=O)O)c4)n3)c2c1. The normalized spacial score (nSPS) is 11.1. The summed E-state index contributed by atoms with van der Waals surface area (Å²) >= 11 is 0. The van der Waals surface area contributed by atoms with E-state index in [1.54, 1.807) is 41.5 Å². The molecule has 0 atom stereocenters. The topological polar surface area (TPSA) is 92.9 Å². The summed E-state index contributed by atoms with van der Waals surface area (Å²) in [7, 11) is 0. The van der Waals surface area contributed by atoms with Gasteiger partial charge in [-0.05, 0) is 44.2 Å². The maximum atomic E-state index is 11.2. The van der Waals surface area contributed by atoms with E-state index in [9.17, 15) is 9.90 Å². The van der Waals surface area contributed by atoms with E-state index in [2.05, 4.69) is 34.2 Å². The number of carboxylic acids is 1. The lowest BCUT2D eigenvalue weighted by Crippen LogP contribution is -2.09. The Labute approximate surface area is 161 Å². The van der Waals surface area contributed by atoms with Crippen molar-refractivity contribution in [1.82, 2.24) is 19.7 Å². The molecule has 0 aliphatic carbocycles. The zero-order chi connectivity index (χ0) is 19.7. The summed E-state index contributed by atoms with van der Waals surface area (Å²) in [5.74, 6) is -0.413. The first-order valence-electron chi connectivity index (χ1n) is 8.92. The van der Waals surface area contributed by atoms with Crippen LogP contribution in [0.2, 0.25) is 0 Å². The Bertz CT molecular complexity index is 1170. The molecule has 0 aliphatic rings. The average molecular weight is 373 g/mol. The van der Waals surface area contributed by atoms with Gasteiger partial charge in [0.25, 0.3) is 0 Å². The Morgan fingerprint density at radius 3 is 2.75 bits per heavy atom. The fourth-order valence-electron chi connectivity index (χ4n) is 3.03. The first-order chi connectivity index (χ1) is 13.5. The van der Waals surface area contributed by atoms with Crippen LogP contribution in [-0.2, 0) is 0 Å². The van der Waals surface area contributed by atoms with Crippen LogP contribution in [0.25, 0.3) is 28.0 Å². The number of aromatic carboxylic acids is 1. The van der Waals surface area contributed by atoms with Crippen LogP contribution < -0.4 is 5.32 Å². The van der Waals surface area contributed by atoms with Gasteiger partial charge in [0, 0.05) is 22.7 Å². The summed E-state index contributed by atoms with van der Waals surface area (Å²) < 4.78 is 1.73. The second kappa shape index (κ2) is 7.11. The second-order valence-electron chi connectivity index (χ2n) is 6.78. The minimum Gasteiger partial charge on any atom is -0.478 e. The van der Waals surface area contributed by atoms with Crippen LogP contribution in [0.1, 0.15) is 24.2 Å². The Balaban J connectivity index is 1.77. The van der Waals surface area contributed by atoms with E-state index >= 15 is 0 Å². The number of aromatic nitrogens is 4. The van der Waals surface area contributed by atoms with Crippen molar-refractivity contribution in [3.8, 4) is 17.1 Å². The largest absolute Gasteiger partial charge is 0.478 e. The summed E-state index contributed by atoms with van der Waals surface area (Å²) in [6.07, 6.45) is 5.04. The fourth-order valence-corrected chi connectivity index (χ4v) is 3.03. The smallest absolute Gasteiger partial charge is 0.335 e. The molecule has 28 heavy (non-hydrogen) atoms. The van der Waals surface area contributed by atoms with Crippen LogP contribution in [0, 0.1) is 0 Å². The molecule has 0 saturated heterocycles. The number of fused-ring (bicyclic) bond motifs is 1. The molecular formula is C21H19N5O2. The minimum atomic E-state index is -0.978. The molecule has 7 nitrogen and oxygen atoms in total. The Hall–Kier alpha value is -3.74. The van der Waals surface area contributed by atoms with E-state index in [-0.39, 0.29) is 5.56 Å². The van der Waals surface area contributed by atoms with Gasteiger partial charge in [0.2, 0.25) is 0 Å². The van der Waals surface area contributed by atoms with Gasteiger partial charge in [-0.1, -0.05) is 12.1 Å². The standard InChI is InChI=1S/C21H19N5O2/c1-13(2)24-17-7-6-16-10-23-26(19(16)9-17)20-12-22-11-18(25-20)14-4-3-5-15(8-14)21(27)28/h3-13,24H,1-2H3,(H,27,28). The minimum absolute atomic E-state index is 0.207. The molecule has 0 fully saturated rings. The van der Waals surface area contributed by atoms with Gasteiger partial charge in [0.05, 0.1) is 35.4 Å². The summed E-state index contributed by atoms with van der Waals surface area (Å²) in [6, 6.07) is 13.0. The molecule has 0 saturated carbocycles. The number of carboxylic acid groups (broad SMARTS) is 1. The lowest BCUT2D eigenvalue weighted by Gasteiger charge is -2.10. The Kier molecular flexibility index (Phi) is 4.49. The van der Waals surface area contributed by atoms with E-state index in [0.29, 0.717) is 23.1 Å². The van der Waals surface area contributed by atoms with Crippen molar-refractivity contribution in [3.63, 3.8) is 0 Å². The van der Waals surface area contributed by atoms with Gasteiger partial charge >= 0.3 is 5.97 Å². The van der Waals surface area contributed by atoms with E-state index < -0.39 is 5.97 Å². The van der Waals surface area contributed by atoms with Gasteiger partial charge < -0.3 is 10.4 Å². The van der Waals surface area contributed by atoms with E-state index in [0.717, 1.165) is 16.6 Å². The van der Waals surface area contributed by atoms with Gasteiger partial charge in [-0.3, -0.25) is 4.98 Å². The van der Waals surface area contributed by atoms with Crippen molar-refractivity contribution >= 4 is 22.6 Å². The fraction of sp³-hybridized carbons (Fsp3) is 0.143. The summed E-state index contributed by atoms with van der Waals surface area (Å²) in [6.45, 7) is 4.17. The molecule has 2 aromatic carbocycles. The molecule has 7 heteroatoms. The van der Waals surface area contributed by atoms with Gasteiger partial charge in [0.15, 0.2) is 5.82 Å². The highest BCUT2D eigenvalue weighted by Gasteiger charge is 2.11. The third-order valence-electron chi connectivity index (χ3n) is 4.27. The first kappa shape index (κ1) is 17.7. The lowest BCUT2D eigenvalue weighted by molar-refractivity contribution is 0.0697. The van der Waals surface area contributed by atoms with Crippen molar-refractivity contribution < 1.29 is 9.90 Å². The van der Waals surface area contributed by atoms with Crippen molar-refractivity contribution in [3.05, 3.63) is 66.6 Å². The molecule has 2 aromatic heterocycles. The summed E-state index contributed by atoms with van der Waals surface area (Å²) in [4.78, 5) is 20.2. The quantitative estimate of drug-likeness (QED) is 0.549. The molecule has 0 radical (unpaired) electrons. The molecule has 4 rings (SSSR count). The number of rotatable bonds is 5. The van der Waals surface area contributed by atoms with Gasteiger partial charge in [-0.15, -0.1) is 0 Å². The molecule has 2 heterocycles. The number of hydrogen-bond acceptors (Lipinski definition) is 5. The zero-order valence-electron chi connectivity index (χ0n) is 15.5. The molecule has 0 aliphatic heterocycles. The molecule has 2 N–H and O–H groups in total. The molecule has 140 valence electrons. The molecule has 0 spiro atoms. The van der Waals surface area contributed by atoms with Crippen molar-refractivity contribution in [1.29, 1.82) is 0 Å². The molecule has 0 amide bonds. The average Bonchev–Trinajstić information content (AvgIpc) is 3.11. The molecule has 0 unspecified atom stereocenters. The number of nitrogens with zero attached hydrogens (tertiary/aromatic N) is 4. The number of carbonyl (C=O) groups is 1. The van der Waals surface area contributed by atoms with E-state index in [1.807, 2.05) is 24.3 Å². The Morgan fingerprint density at radius 2 is 1.96 bits per heavy atom. The van der Waals surface area contributed by atoms with Crippen molar-refractivity contribution in [2.75, 3.05) is 5.32 Å². The highest BCUT2D eigenvalue weighted by atomic mass is 16.4. The van der Waals surface area contributed by atoms with Crippen LogP contribution >= 0.6 is 0 Å². The summed E-state index contributed by atoms with van der Waals surface area (Å²) in [5, 5.41) is 18.1. The number of nitrogens with one attached hydrogen (secondary N) is 1. The van der Waals surface area contributed by atoms with Crippen LogP contribution in [0.5, 0.6) is 0 Å². The Morgan fingerprint density at radius 1 is 1.11 bits per heavy atom. The maximum Gasteiger partial charge on any atom is 0.335 e. The highest BCUT2D eigenvalue weighted by molar-refractivity contribution is 5.89. The predicted molar refractivity (Wildman–Crippen MR) is 108 cm³/mol. The van der Waals surface area contributed by atoms with Crippen LogP contribution in [0.4, 0.5) is 5.69 Å². The van der Waals surface area contributed by atoms with Crippen LogP contribution in [0.3, 0.4) is 0 Å². The van der Waals surface area contributed by atoms with Crippen molar-refractivity contribution in [2.24, 2.45) is 0 Å². The maximum absolute atomic E-state index is 11.2. The number of hydrogen-bond donors (Lipinski definition) is 2. The monoisotopic (exact) mass is 373 g/mol. The third-order valence-corrected chi connectivity index (χ3v) is 4.27. The van der Waals surface area contributed by atoms with E-state index in [1.165, 1.54) is 0 Å². The zero-order valence-corrected chi connectivity index (χ0v) is 15.5. The number of anilines is 1. The molecule has 0 bridgehead atoms. The van der Waals surface area contributed by atoms with Crippen molar-refractivity contribution in [2.45, 2.75) is 19.9 Å². The third kappa shape index (κ3) is 3.42. The van der Waals surface area contributed by atoms with Gasteiger partial charge in [0.1, 0.15) is 0 Å². The van der Waals surface area contributed by atoms with Crippen LogP contribution in [-0.4, -0.2) is 36.9 Å². The number of benzene rings is 2. The van der Waals surface area contributed by atoms with Gasteiger partial charge in [-0.2, -0.15) is 5.10 Å². The van der Waals surface area contributed by atoms with E-state index in [4.69, 9.17) is 0 Å². The highest BCUT2D eigenvalue weighted by Crippen LogP contribution is 2.23. The first-order valence-corrected chi connectivity index (χ1v) is 8.92. The summed E-state index contributed by atoms with van der Waals surface area (Å²) in [5.41, 5.74) is 3.39. The van der Waals surface area contributed by atoms with Crippen LogP contribution in [0.15, 0.2) is 61.1 Å².